The normalized spacial score (nSPS) is 11.7. The van der Waals surface area contributed by atoms with Crippen LogP contribution in [0.2, 0.25) is 0 Å². The van der Waals surface area contributed by atoms with Crippen LogP contribution < -0.4 is 0 Å². The summed E-state index contributed by atoms with van der Waals surface area (Å²) in [7, 11) is 0. The number of hydrogen-bond acceptors (Lipinski definition) is 0. The van der Waals surface area contributed by atoms with E-state index in [1.165, 1.54) is 71.6 Å². The monoisotopic (exact) mass is 538 g/mol. The van der Waals surface area contributed by atoms with Crippen LogP contribution in [0.4, 0.5) is 0 Å². The lowest BCUT2D eigenvalue weighted by atomic mass is 9.81. The largest absolute Gasteiger partial charge is 0.0622 e. The van der Waals surface area contributed by atoms with Crippen LogP contribution in [0.5, 0.6) is 0 Å². The molecule has 0 heterocycles. The van der Waals surface area contributed by atoms with E-state index in [1.807, 2.05) is 0 Å². The lowest BCUT2D eigenvalue weighted by molar-refractivity contribution is 0.591. The lowest BCUT2D eigenvalue weighted by Crippen LogP contribution is -2.10. The first-order chi connectivity index (χ1) is 20.5. The van der Waals surface area contributed by atoms with Crippen molar-refractivity contribution in [3.05, 3.63) is 157 Å². The van der Waals surface area contributed by atoms with Crippen molar-refractivity contribution in [1.82, 2.24) is 0 Å². The number of rotatable bonds is 4. The fourth-order valence-corrected chi connectivity index (χ4v) is 6.24. The zero-order valence-corrected chi connectivity index (χ0v) is 24.4. The van der Waals surface area contributed by atoms with E-state index in [0.29, 0.717) is 0 Å². The Morgan fingerprint density at radius 3 is 1.21 bits per heavy atom. The highest BCUT2D eigenvalue weighted by molar-refractivity contribution is 6.21. The van der Waals surface area contributed by atoms with E-state index in [2.05, 4.69) is 172 Å². The zero-order chi connectivity index (χ0) is 28.7. The van der Waals surface area contributed by atoms with Crippen molar-refractivity contribution in [1.29, 1.82) is 0 Å². The molecule has 7 aromatic carbocycles. The minimum absolute atomic E-state index is 0.0381. The summed E-state index contributed by atoms with van der Waals surface area (Å²) in [6, 6.07) is 55.5. The average molecular weight is 539 g/mol. The summed E-state index contributed by atoms with van der Waals surface area (Å²) < 4.78 is 0. The Balaban J connectivity index is 1.56. The van der Waals surface area contributed by atoms with Crippen molar-refractivity contribution in [2.24, 2.45) is 0 Å². The maximum atomic E-state index is 2.44. The van der Waals surface area contributed by atoms with Crippen LogP contribution in [0.25, 0.3) is 66.1 Å². The van der Waals surface area contributed by atoms with Crippen molar-refractivity contribution >= 4 is 21.5 Å². The summed E-state index contributed by atoms with van der Waals surface area (Å²) in [5, 5.41) is 5.14. The molecule has 202 valence electrons. The molecule has 0 fully saturated rings. The molecule has 0 spiro atoms. The highest BCUT2D eigenvalue weighted by atomic mass is 14.2. The van der Waals surface area contributed by atoms with Gasteiger partial charge in [-0.2, -0.15) is 0 Å². The summed E-state index contributed by atoms with van der Waals surface area (Å²) in [6.45, 7) is 6.90. The van der Waals surface area contributed by atoms with Crippen LogP contribution in [-0.4, -0.2) is 0 Å². The van der Waals surface area contributed by atoms with E-state index >= 15 is 0 Å². The highest BCUT2D eigenvalue weighted by Crippen LogP contribution is 2.45. The molecule has 0 amide bonds. The van der Waals surface area contributed by atoms with E-state index < -0.39 is 0 Å². The van der Waals surface area contributed by atoms with Crippen LogP contribution in [0.3, 0.4) is 0 Å². The minimum Gasteiger partial charge on any atom is -0.0622 e. The molecule has 0 radical (unpaired) electrons. The molecule has 0 aliphatic rings. The number of benzene rings is 7. The maximum absolute atomic E-state index is 2.44. The van der Waals surface area contributed by atoms with Crippen LogP contribution in [0.15, 0.2) is 152 Å². The first-order valence-electron chi connectivity index (χ1n) is 14.8. The summed E-state index contributed by atoms with van der Waals surface area (Å²) >= 11 is 0. The Labute approximate surface area is 248 Å². The van der Waals surface area contributed by atoms with Crippen molar-refractivity contribution < 1.29 is 0 Å². The maximum Gasteiger partial charge on any atom is -0.00261 e. The third-order valence-corrected chi connectivity index (χ3v) is 8.41. The van der Waals surface area contributed by atoms with Crippen LogP contribution in [-0.2, 0) is 5.41 Å². The molecule has 0 saturated heterocycles. The lowest BCUT2D eigenvalue weighted by Gasteiger charge is -2.23. The second-order valence-corrected chi connectivity index (χ2v) is 12.2. The van der Waals surface area contributed by atoms with E-state index in [4.69, 9.17) is 0 Å². The Morgan fingerprint density at radius 2 is 0.714 bits per heavy atom. The molecular formula is C42H34. The Hall–Kier alpha value is -4.94. The topological polar surface area (TPSA) is 0 Å². The van der Waals surface area contributed by atoms with Gasteiger partial charge in [-0.3, -0.25) is 0 Å². The Bertz CT molecular complexity index is 2040. The van der Waals surface area contributed by atoms with Crippen molar-refractivity contribution in [2.45, 2.75) is 26.2 Å². The molecule has 7 aromatic rings. The SMILES string of the molecule is CC(C)(C)c1ccc2c(-c3cccc(-c4ccccc4)c3)c3ccccc3c(-c3cccc(-c4ccccc4)c3)c2c1. The number of hydrogen-bond donors (Lipinski definition) is 0. The fraction of sp³-hybridized carbons (Fsp3) is 0.0952. The molecule has 0 aliphatic carbocycles. The summed E-state index contributed by atoms with van der Waals surface area (Å²) in [6.07, 6.45) is 0. The quantitative estimate of drug-likeness (QED) is 0.196. The third kappa shape index (κ3) is 4.70. The Kier molecular flexibility index (Phi) is 6.48. The molecule has 0 atom stereocenters. The van der Waals surface area contributed by atoms with Crippen molar-refractivity contribution in [2.75, 3.05) is 0 Å². The predicted molar refractivity (Wildman–Crippen MR) is 182 cm³/mol. The van der Waals surface area contributed by atoms with Crippen LogP contribution in [0, 0.1) is 0 Å². The van der Waals surface area contributed by atoms with Gasteiger partial charge in [0.1, 0.15) is 0 Å². The van der Waals surface area contributed by atoms with Gasteiger partial charge in [0.05, 0.1) is 0 Å². The standard InChI is InChI=1S/C42H34/c1-42(2,3)35-24-25-38-39(28-35)41(34-21-13-19-32(27-34)30-16-8-5-9-17-30)37-23-11-10-22-36(37)40(38)33-20-12-18-31(26-33)29-14-6-4-7-15-29/h4-28H,1-3H3. The molecule has 0 bridgehead atoms. The molecule has 0 unspecified atom stereocenters. The minimum atomic E-state index is 0.0381. The van der Waals surface area contributed by atoms with Gasteiger partial charge < -0.3 is 0 Å². The van der Waals surface area contributed by atoms with E-state index in [1.54, 1.807) is 0 Å². The molecule has 7 rings (SSSR count). The van der Waals surface area contributed by atoms with Crippen molar-refractivity contribution in [3.63, 3.8) is 0 Å². The Morgan fingerprint density at radius 1 is 0.310 bits per heavy atom. The number of fused-ring (bicyclic) bond motifs is 2. The predicted octanol–water partition coefficient (Wildman–Crippen LogP) is 12.0. The van der Waals surface area contributed by atoms with Gasteiger partial charge in [-0.1, -0.05) is 154 Å². The van der Waals surface area contributed by atoms with E-state index in [9.17, 15) is 0 Å². The molecule has 42 heavy (non-hydrogen) atoms. The van der Waals surface area contributed by atoms with Gasteiger partial charge in [0.25, 0.3) is 0 Å². The molecular weight excluding hydrogens is 504 g/mol. The van der Waals surface area contributed by atoms with Gasteiger partial charge in [-0.25, -0.2) is 0 Å². The van der Waals surface area contributed by atoms with Gasteiger partial charge >= 0.3 is 0 Å². The second kappa shape index (κ2) is 10.5. The smallest absolute Gasteiger partial charge is 0.00261 e. The molecule has 0 aliphatic heterocycles. The molecule has 0 aromatic heterocycles. The summed E-state index contributed by atoms with van der Waals surface area (Å²) in [4.78, 5) is 0. The van der Waals surface area contributed by atoms with Gasteiger partial charge in [-0.15, -0.1) is 0 Å². The second-order valence-electron chi connectivity index (χ2n) is 12.2. The molecule has 0 nitrogen and oxygen atoms in total. The molecule has 0 heteroatoms. The first-order valence-corrected chi connectivity index (χ1v) is 14.8. The molecule has 0 N–H and O–H groups in total. The van der Waals surface area contributed by atoms with Crippen molar-refractivity contribution in [3.8, 4) is 44.5 Å². The van der Waals surface area contributed by atoms with Gasteiger partial charge in [0.15, 0.2) is 0 Å². The van der Waals surface area contributed by atoms with E-state index in [-0.39, 0.29) is 5.41 Å². The summed E-state index contributed by atoms with van der Waals surface area (Å²) in [5.41, 5.74) is 11.4. The van der Waals surface area contributed by atoms with Crippen LogP contribution in [0.1, 0.15) is 26.3 Å². The third-order valence-electron chi connectivity index (χ3n) is 8.41. The summed E-state index contributed by atoms with van der Waals surface area (Å²) in [5.74, 6) is 0. The van der Waals surface area contributed by atoms with Gasteiger partial charge in [0.2, 0.25) is 0 Å². The fourth-order valence-electron chi connectivity index (χ4n) is 6.24. The first kappa shape index (κ1) is 26.0. The zero-order valence-electron chi connectivity index (χ0n) is 24.4. The van der Waals surface area contributed by atoms with Crippen LogP contribution >= 0.6 is 0 Å². The van der Waals surface area contributed by atoms with Gasteiger partial charge in [-0.05, 0) is 95.2 Å². The molecule has 0 saturated carbocycles. The highest BCUT2D eigenvalue weighted by Gasteiger charge is 2.20. The van der Waals surface area contributed by atoms with E-state index in [0.717, 1.165) is 0 Å². The average Bonchev–Trinajstić information content (AvgIpc) is 3.04. The van der Waals surface area contributed by atoms with Gasteiger partial charge in [0, 0.05) is 0 Å².